The van der Waals surface area contributed by atoms with Gasteiger partial charge in [0.05, 0.1) is 0 Å². The zero-order valence-electron chi connectivity index (χ0n) is 31.0. The van der Waals surface area contributed by atoms with Crippen LogP contribution in [0.3, 0.4) is 0 Å². The number of nitrogens with zero attached hydrogens (tertiary/aromatic N) is 1. The second-order valence-corrected chi connectivity index (χ2v) is 13.7. The molecule has 45 heavy (non-hydrogen) atoms. The minimum Gasteiger partial charge on any atom is -0.375 e. The summed E-state index contributed by atoms with van der Waals surface area (Å²) >= 11 is 11.5. The molecule has 1 aliphatic rings. The summed E-state index contributed by atoms with van der Waals surface area (Å²) in [5.74, 6) is 2.48. The normalized spacial score (nSPS) is 12.5. The molecule has 1 heterocycles. The predicted octanol–water partition coefficient (Wildman–Crippen LogP) is 14.5. The van der Waals surface area contributed by atoms with Crippen molar-refractivity contribution in [3.05, 3.63) is 101 Å². The molecule has 1 atom stereocenters. The van der Waals surface area contributed by atoms with Crippen LogP contribution in [0.4, 0.5) is 0 Å². The zero-order valence-corrected chi connectivity index (χ0v) is 32.5. The lowest BCUT2D eigenvalue weighted by Crippen LogP contribution is -2.17. The second kappa shape index (κ2) is 28.3. The van der Waals surface area contributed by atoms with Crippen molar-refractivity contribution in [3.8, 4) is 0 Å². The second-order valence-electron chi connectivity index (χ2n) is 12.9. The van der Waals surface area contributed by atoms with Gasteiger partial charge in [0.2, 0.25) is 0 Å². The first kappa shape index (κ1) is 45.2. The van der Waals surface area contributed by atoms with Crippen molar-refractivity contribution >= 4 is 28.8 Å². The van der Waals surface area contributed by atoms with Gasteiger partial charge in [-0.05, 0) is 98.9 Å². The van der Waals surface area contributed by atoms with Gasteiger partial charge in [-0.3, -0.25) is 0 Å². The molecule has 0 radical (unpaired) electrons. The van der Waals surface area contributed by atoms with E-state index in [0.29, 0.717) is 5.02 Å². The highest BCUT2D eigenvalue weighted by Gasteiger charge is 2.13. The Kier molecular flexibility index (Phi) is 28.4. The molecule has 1 saturated heterocycles. The van der Waals surface area contributed by atoms with E-state index < -0.39 is 0 Å². The number of aryl methyl sites for hydroxylation is 1. The van der Waals surface area contributed by atoms with Gasteiger partial charge < -0.3 is 4.90 Å². The number of rotatable bonds is 11. The Morgan fingerprint density at radius 3 is 1.98 bits per heavy atom. The highest BCUT2D eigenvalue weighted by molar-refractivity contribution is 6.35. The summed E-state index contributed by atoms with van der Waals surface area (Å²) in [7, 11) is 0. The number of halogens is 2. The van der Waals surface area contributed by atoms with E-state index in [-0.39, 0.29) is 0 Å². The Bertz CT molecular complexity index is 1050. The standard InChI is InChI=1S/C18H28.C9H17N.C8H8Cl2.C4H10.C3H6/c1-6-16(7-2)12-15(5)13-17-10-8-9-11-18(17)14(3)4;1-3-4-7-10-8-5-6-9(10)2;1-2-6-3-4-7(9)5-8(6)10;1-4(2)3;1-3-2/h8-11,15-16H,3,6-7,12-13H2,1-2,4-5H3;2-8H2,1H3;3-5H,2H2,1H3;4H,1-3H3;3H,1H2,2H3. The van der Waals surface area contributed by atoms with E-state index in [2.05, 4.69) is 111 Å². The molecule has 1 aliphatic heterocycles. The molecule has 1 nitrogen and oxygen atoms in total. The number of hydrogen-bond acceptors (Lipinski definition) is 1. The fourth-order valence-electron chi connectivity index (χ4n) is 4.98. The van der Waals surface area contributed by atoms with Crippen LogP contribution in [0.5, 0.6) is 0 Å². The molecule has 0 saturated carbocycles. The quantitative estimate of drug-likeness (QED) is 0.217. The van der Waals surface area contributed by atoms with Crippen LogP contribution >= 0.6 is 23.2 Å². The monoisotopic (exact) mass is 657 g/mol. The van der Waals surface area contributed by atoms with Gasteiger partial charge in [-0.25, -0.2) is 0 Å². The molecule has 3 heteroatoms. The smallest absolute Gasteiger partial charge is 0.0452 e. The average molecular weight is 659 g/mol. The summed E-state index contributed by atoms with van der Waals surface area (Å²) in [6.07, 6.45) is 13.0. The van der Waals surface area contributed by atoms with Crippen molar-refractivity contribution in [2.24, 2.45) is 17.8 Å². The summed E-state index contributed by atoms with van der Waals surface area (Å²) in [4.78, 5) is 2.42. The van der Waals surface area contributed by atoms with Crippen LogP contribution in [0.25, 0.3) is 5.57 Å². The molecule has 0 aliphatic carbocycles. The molecule has 1 fully saturated rings. The molecule has 0 N–H and O–H groups in total. The summed E-state index contributed by atoms with van der Waals surface area (Å²) in [6, 6.07) is 14.3. The third-order valence-corrected chi connectivity index (χ3v) is 8.04. The molecule has 0 bridgehead atoms. The topological polar surface area (TPSA) is 3.24 Å². The maximum absolute atomic E-state index is 5.85. The fraction of sp³-hybridized carbons (Fsp3) is 0.571. The largest absolute Gasteiger partial charge is 0.375 e. The summed E-state index contributed by atoms with van der Waals surface area (Å²) < 4.78 is 0. The van der Waals surface area contributed by atoms with Crippen molar-refractivity contribution < 1.29 is 0 Å². The molecule has 256 valence electrons. The first-order chi connectivity index (χ1) is 21.3. The molecule has 0 spiro atoms. The van der Waals surface area contributed by atoms with Crippen LogP contribution in [-0.2, 0) is 12.8 Å². The first-order valence-corrected chi connectivity index (χ1v) is 18.2. The van der Waals surface area contributed by atoms with Crippen molar-refractivity contribution in [1.29, 1.82) is 0 Å². The van der Waals surface area contributed by atoms with E-state index >= 15 is 0 Å². The maximum Gasteiger partial charge on any atom is 0.0452 e. The van der Waals surface area contributed by atoms with Crippen LogP contribution in [0.2, 0.25) is 10.0 Å². The molecule has 3 rings (SSSR count). The molecule has 2 aromatic carbocycles. The third-order valence-electron chi connectivity index (χ3n) is 7.45. The fourth-order valence-corrected chi connectivity index (χ4v) is 5.52. The summed E-state index contributed by atoms with van der Waals surface area (Å²) in [5, 5.41) is 1.46. The lowest BCUT2D eigenvalue weighted by atomic mass is 9.86. The van der Waals surface area contributed by atoms with E-state index in [1.54, 1.807) is 12.1 Å². The van der Waals surface area contributed by atoms with Gasteiger partial charge in [-0.1, -0.05) is 153 Å². The Balaban J connectivity index is 0. The van der Waals surface area contributed by atoms with Crippen LogP contribution < -0.4 is 0 Å². The van der Waals surface area contributed by atoms with Gasteiger partial charge in [-0.15, -0.1) is 6.58 Å². The van der Waals surface area contributed by atoms with E-state index in [1.165, 1.54) is 86.9 Å². The van der Waals surface area contributed by atoms with Crippen LogP contribution in [0.15, 0.2) is 74.0 Å². The third kappa shape index (κ3) is 23.1. The van der Waals surface area contributed by atoms with Crippen molar-refractivity contribution in [3.63, 3.8) is 0 Å². The van der Waals surface area contributed by atoms with Gasteiger partial charge in [0, 0.05) is 28.8 Å². The van der Waals surface area contributed by atoms with Gasteiger partial charge in [0.15, 0.2) is 0 Å². The first-order valence-electron chi connectivity index (χ1n) is 17.5. The number of unbranched alkanes of at least 4 members (excludes halogenated alkanes) is 1. The number of benzene rings is 2. The minimum atomic E-state index is 0.696. The SMILES string of the molecule is C=C(C)c1ccccc1CC(C)CC(CC)CC.C=C1CCCN1CCCC.C=CC.CC(C)C.CCc1ccc(Cl)cc1Cl. The van der Waals surface area contributed by atoms with Crippen LogP contribution in [-0.4, -0.2) is 18.0 Å². The predicted molar refractivity (Wildman–Crippen MR) is 210 cm³/mol. The lowest BCUT2D eigenvalue weighted by Gasteiger charge is -2.19. The lowest BCUT2D eigenvalue weighted by molar-refractivity contribution is 0.369. The Labute approximate surface area is 291 Å². The highest BCUT2D eigenvalue weighted by Crippen LogP contribution is 2.25. The van der Waals surface area contributed by atoms with E-state index in [0.717, 1.165) is 34.8 Å². The molecule has 2 aromatic rings. The van der Waals surface area contributed by atoms with E-state index in [4.69, 9.17) is 23.2 Å². The van der Waals surface area contributed by atoms with Crippen LogP contribution in [0.1, 0.15) is 131 Å². The average Bonchev–Trinajstić information content (AvgIpc) is 3.40. The Morgan fingerprint density at radius 1 is 0.956 bits per heavy atom. The van der Waals surface area contributed by atoms with Gasteiger partial charge in [0.1, 0.15) is 0 Å². The van der Waals surface area contributed by atoms with Crippen molar-refractivity contribution in [2.45, 2.75) is 127 Å². The van der Waals surface area contributed by atoms with Crippen LogP contribution in [0, 0.1) is 17.8 Å². The molecular weight excluding hydrogens is 589 g/mol. The number of allylic oxidation sites excluding steroid dienone is 3. The molecular formula is C42H69Cl2N. The number of likely N-dealkylation sites (tertiary alicyclic amines) is 1. The highest BCUT2D eigenvalue weighted by atomic mass is 35.5. The van der Waals surface area contributed by atoms with Gasteiger partial charge in [0.25, 0.3) is 0 Å². The van der Waals surface area contributed by atoms with E-state index in [9.17, 15) is 0 Å². The molecule has 0 amide bonds. The Hall–Kier alpha value is -1.96. The van der Waals surface area contributed by atoms with E-state index in [1.807, 2.05) is 19.1 Å². The minimum absolute atomic E-state index is 0.696. The molecule has 1 unspecified atom stereocenters. The van der Waals surface area contributed by atoms with Crippen molar-refractivity contribution in [2.75, 3.05) is 13.1 Å². The van der Waals surface area contributed by atoms with Gasteiger partial charge >= 0.3 is 0 Å². The van der Waals surface area contributed by atoms with Crippen molar-refractivity contribution in [1.82, 2.24) is 4.90 Å². The Morgan fingerprint density at radius 2 is 1.53 bits per heavy atom. The summed E-state index contributed by atoms with van der Waals surface area (Å²) in [6.45, 7) is 35.7. The molecule has 0 aromatic heterocycles. The summed E-state index contributed by atoms with van der Waals surface area (Å²) in [5.41, 5.74) is 6.48. The maximum atomic E-state index is 5.85. The zero-order chi connectivity index (χ0) is 34.8. The number of hydrogen-bond donors (Lipinski definition) is 0. The van der Waals surface area contributed by atoms with Gasteiger partial charge in [-0.2, -0.15) is 0 Å².